The molecule has 0 unspecified atom stereocenters. The van der Waals surface area contributed by atoms with E-state index in [1.807, 2.05) is 34.6 Å². The largest absolute Gasteiger partial charge is 0.494 e. The Kier molecular flexibility index (Phi) is 6.45. The number of carbonyl (C=O) groups is 1. The van der Waals surface area contributed by atoms with E-state index in [1.54, 1.807) is 24.3 Å². The van der Waals surface area contributed by atoms with E-state index >= 15 is 0 Å². The first-order chi connectivity index (χ1) is 14.3. The summed E-state index contributed by atoms with van der Waals surface area (Å²) in [5, 5.41) is 3.36. The van der Waals surface area contributed by atoms with Crippen LogP contribution in [0, 0.1) is 13.8 Å². The first-order valence-corrected chi connectivity index (χ1v) is 10.9. The number of fused-ring (bicyclic) bond motifs is 1. The summed E-state index contributed by atoms with van der Waals surface area (Å²) in [6.45, 7) is 9.94. The van der Waals surface area contributed by atoms with Crippen LogP contribution in [0.3, 0.4) is 0 Å². The summed E-state index contributed by atoms with van der Waals surface area (Å²) in [6, 6.07) is 6.81. The monoisotopic (exact) mass is 429 g/mol. The molecule has 3 aromatic rings. The number of thiophene rings is 1. The van der Waals surface area contributed by atoms with Crippen LogP contribution in [0.5, 0.6) is 5.75 Å². The van der Waals surface area contributed by atoms with Crippen LogP contribution in [0.4, 0.5) is 0 Å². The molecule has 1 aromatic carbocycles. The Labute approximate surface area is 178 Å². The average Bonchev–Trinajstić information content (AvgIpc) is 3.01. The van der Waals surface area contributed by atoms with Crippen molar-refractivity contribution < 1.29 is 9.53 Å². The van der Waals surface area contributed by atoms with Gasteiger partial charge in [0.2, 0.25) is 5.91 Å². The van der Waals surface area contributed by atoms with Crippen LogP contribution in [-0.4, -0.2) is 27.7 Å². The van der Waals surface area contributed by atoms with Gasteiger partial charge in [-0.05, 0) is 63.9 Å². The number of nitrogens with one attached hydrogen (secondary N) is 1. The van der Waals surface area contributed by atoms with Gasteiger partial charge in [0.1, 0.15) is 17.1 Å². The molecule has 7 nitrogen and oxygen atoms in total. The third-order valence-electron chi connectivity index (χ3n) is 5.18. The van der Waals surface area contributed by atoms with Crippen LogP contribution >= 0.6 is 11.3 Å². The molecule has 30 heavy (non-hydrogen) atoms. The van der Waals surface area contributed by atoms with Crippen LogP contribution in [-0.2, 0) is 11.3 Å². The molecule has 1 N–H and O–H groups in total. The molecule has 0 saturated heterocycles. The lowest BCUT2D eigenvalue weighted by atomic mass is 10.2. The second-order valence-electron chi connectivity index (χ2n) is 7.28. The molecule has 160 valence electrons. The second kappa shape index (κ2) is 8.87. The summed E-state index contributed by atoms with van der Waals surface area (Å²) in [4.78, 5) is 40.7. The number of hydrogen-bond donors (Lipinski definition) is 1. The van der Waals surface area contributed by atoms with E-state index < -0.39 is 5.69 Å². The minimum atomic E-state index is -0.530. The predicted molar refractivity (Wildman–Crippen MR) is 120 cm³/mol. The topological polar surface area (TPSA) is 82.3 Å². The quantitative estimate of drug-likeness (QED) is 0.626. The molecule has 0 saturated carbocycles. The van der Waals surface area contributed by atoms with Crippen LogP contribution in [0.25, 0.3) is 15.9 Å². The number of hydrogen-bond acceptors (Lipinski definition) is 5. The third-order valence-corrected chi connectivity index (χ3v) is 6.41. The van der Waals surface area contributed by atoms with E-state index in [9.17, 15) is 14.4 Å². The molecule has 0 fully saturated rings. The van der Waals surface area contributed by atoms with Gasteiger partial charge in [0, 0.05) is 10.9 Å². The summed E-state index contributed by atoms with van der Waals surface area (Å²) < 4.78 is 7.98. The van der Waals surface area contributed by atoms with Crippen LogP contribution in [0.15, 0.2) is 33.9 Å². The lowest BCUT2D eigenvalue weighted by Gasteiger charge is -2.15. The van der Waals surface area contributed by atoms with Gasteiger partial charge in [0.25, 0.3) is 5.56 Å². The Morgan fingerprint density at radius 1 is 1.17 bits per heavy atom. The van der Waals surface area contributed by atoms with Gasteiger partial charge in [-0.15, -0.1) is 11.3 Å². The highest BCUT2D eigenvalue weighted by Gasteiger charge is 2.21. The number of nitrogens with zero attached hydrogens (tertiary/aromatic N) is 2. The van der Waals surface area contributed by atoms with Crippen molar-refractivity contribution in [3.63, 3.8) is 0 Å². The van der Waals surface area contributed by atoms with Gasteiger partial charge in [-0.25, -0.2) is 9.36 Å². The Morgan fingerprint density at radius 3 is 2.43 bits per heavy atom. The van der Waals surface area contributed by atoms with Gasteiger partial charge in [-0.2, -0.15) is 0 Å². The molecular weight excluding hydrogens is 402 g/mol. The van der Waals surface area contributed by atoms with Crippen molar-refractivity contribution in [2.45, 2.75) is 53.6 Å². The van der Waals surface area contributed by atoms with Gasteiger partial charge in [0.15, 0.2) is 0 Å². The SMILES string of the molecule is CCOc1ccc(-n2c(=O)c3c(C)c(C)sc3n(CC(=O)N[C@H](C)CC)c2=O)cc1. The number of rotatable bonds is 7. The molecule has 0 aliphatic rings. The van der Waals surface area contributed by atoms with E-state index in [-0.39, 0.29) is 24.1 Å². The normalized spacial score (nSPS) is 12.2. The van der Waals surface area contributed by atoms with Crippen molar-refractivity contribution in [3.05, 3.63) is 55.5 Å². The Morgan fingerprint density at radius 2 is 1.83 bits per heavy atom. The molecule has 1 atom stereocenters. The minimum absolute atomic E-state index is 0.00696. The molecule has 3 rings (SSSR count). The molecule has 0 aliphatic heterocycles. The number of aryl methyl sites for hydroxylation is 2. The maximum Gasteiger partial charge on any atom is 0.337 e. The molecule has 0 radical (unpaired) electrons. The summed E-state index contributed by atoms with van der Waals surface area (Å²) in [5.41, 5.74) is 0.363. The van der Waals surface area contributed by atoms with Crippen molar-refractivity contribution in [2.75, 3.05) is 6.61 Å². The average molecular weight is 430 g/mol. The van der Waals surface area contributed by atoms with Crippen molar-refractivity contribution >= 4 is 27.5 Å². The van der Waals surface area contributed by atoms with Gasteiger partial charge in [-0.1, -0.05) is 6.92 Å². The fraction of sp³-hybridized carbons (Fsp3) is 0.409. The zero-order valence-corrected chi connectivity index (χ0v) is 18.8. The highest BCUT2D eigenvalue weighted by molar-refractivity contribution is 7.18. The highest BCUT2D eigenvalue weighted by atomic mass is 32.1. The Hall–Kier alpha value is -2.87. The van der Waals surface area contributed by atoms with Crippen LogP contribution in [0.2, 0.25) is 0 Å². The molecule has 2 aromatic heterocycles. The molecule has 0 spiro atoms. The smallest absolute Gasteiger partial charge is 0.337 e. The number of benzene rings is 1. The molecule has 1 amide bonds. The number of amides is 1. The van der Waals surface area contributed by atoms with Crippen LogP contribution < -0.4 is 21.3 Å². The van der Waals surface area contributed by atoms with Crippen molar-refractivity contribution in [1.82, 2.24) is 14.5 Å². The zero-order valence-electron chi connectivity index (χ0n) is 17.9. The van der Waals surface area contributed by atoms with Gasteiger partial charge >= 0.3 is 5.69 Å². The standard InChI is InChI=1S/C22H27N3O4S/c1-6-13(3)23-18(26)12-24-21-19(14(4)15(5)30-21)20(27)25(22(24)28)16-8-10-17(11-9-16)29-7-2/h8-11,13H,6-7,12H2,1-5H3,(H,23,26)/t13-/m1/s1. The van der Waals surface area contributed by atoms with E-state index in [4.69, 9.17) is 4.74 Å². The summed E-state index contributed by atoms with van der Waals surface area (Å²) in [6.07, 6.45) is 0.791. The predicted octanol–water partition coefficient (Wildman–Crippen LogP) is 3.14. The van der Waals surface area contributed by atoms with Gasteiger partial charge in [0.05, 0.1) is 17.7 Å². The number of ether oxygens (including phenoxy) is 1. The van der Waals surface area contributed by atoms with Crippen molar-refractivity contribution in [1.29, 1.82) is 0 Å². The van der Waals surface area contributed by atoms with E-state index in [0.717, 1.165) is 21.4 Å². The fourth-order valence-corrected chi connectivity index (χ4v) is 4.39. The molecule has 0 bridgehead atoms. The third kappa shape index (κ3) is 4.05. The molecular formula is C22H27N3O4S. The summed E-state index contributed by atoms with van der Waals surface area (Å²) >= 11 is 1.36. The Balaban J connectivity index is 2.21. The van der Waals surface area contributed by atoms with E-state index in [2.05, 4.69) is 5.32 Å². The lowest BCUT2D eigenvalue weighted by molar-refractivity contribution is -0.122. The Bertz CT molecular complexity index is 1190. The summed E-state index contributed by atoms with van der Waals surface area (Å²) in [5.74, 6) is 0.402. The van der Waals surface area contributed by atoms with Gasteiger partial charge < -0.3 is 10.1 Å². The first kappa shape index (κ1) is 21.8. The van der Waals surface area contributed by atoms with Gasteiger partial charge in [-0.3, -0.25) is 14.2 Å². The molecule has 2 heterocycles. The second-order valence-corrected chi connectivity index (χ2v) is 8.48. The first-order valence-electron chi connectivity index (χ1n) is 10.1. The number of aromatic nitrogens is 2. The van der Waals surface area contributed by atoms with Crippen molar-refractivity contribution in [2.24, 2.45) is 0 Å². The maximum absolute atomic E-state index is 13.3. The minimum Gasteiger partial charge on any atom is -0.494 e. The molecule has 8 heteroatoms. The van der Waals surface area contributed by atoms with Crippen LogP contribution in [0.1, 0.15) is 37.6 Å². The fourth-order valence-electron chi connectivity index (χ4n) is 3.25. The maximum atomic E-state index is 13.3. The lowest BCUT2D eigenvalue weighted by Crippen LogP contribution is -2.42. The summed E-state index contributed by atoms with van der Waals surface area (Å²) in [7, 11) is 0. The molecule has 0 aliphatic carbocycles. The van der Waals surface area contributed by atoms with E-state index in [0.29, 0.717) is 28.3 Å². The highest BCUT2D eigenvalue weighted by Crippen LogP contribution is 2.27. The van der Waals surface area contributed by atoms with Crippen molar-refractivity contribution in [3.8, 4) is 11.4 Å². The zero-order chi connectivity index (χ0) is 22.0. The number of carbonyl (C=O) groups excluding carboxylic acids is 1. The van der Waals surface area contributed by atoms with E-state index in [1.165, 1.54) is 15.9 Å².